The number of carbonyl (C=O) groups excluding carboxylic acids is 1. The van der Waals surface area contributed by atoms with Gasteiger partial charge in [-0.1, -0.05) is 12.1 Å². The summed E-state index contributed by atoms with van der Waals surface area (Å²) in [6.07, 6.45) is -0.526. The van der Waals surface area contributed by atoms with Crippen LogP contribution in [0.3, 0.4) is 0 Å². The van der Waals surface area contributed by atoms with Gasteiger partial charge in [-0.2, -0.15) is 0 Å². The average Bonchev–Trinajstić information content (AvgIpc) is 2.47. The van der Waals surface area contributed by atoms with Gasteiger partial charge in [0.25, 0.3) is 0 Å². The zero-order chi connectivity index (χ0) is 18.3. The van der Waals surface area contributed by atoms with E-state index in [0.29, 0.717) is 0 Å². The van der Waals surface area contributed by atoms with Gasteiger partial charge in [0.15, 0.2) is 0 Å². The summed E-state index contributed by atoms with van der Waals surface area (Å²) in [4.78, 5) is 25.4. The van der Waals surface area contributed by atoms with Crippen molar-refractivity contribution in [1.82, 2.24) is 5.32 Å². The number of hydrogen-bond acceptors (Lipinski definition) is 4. The van der Waals surface area contributed by atoms with Crippen LogP contribution in [0.25, 0.3) is 0 Å². The highest BCUT2D eigenvalue weighted by Gasteiger charge is 2.24. The number of carbonyl (C=O) groups is 2. The van der Waals surface area contributed by atoms with Crippen molar-refractivity contribution in [3.05, 3.63) is 29.8 Å². The Bertz CT molecular complexity index is 545. The van der Waals surface area contributed by atoms with E-state index in [1.54, 1.807) is 20.8 Å². The van der Waals surface area contributed by atoms with E-state index in [9.17, 15) is 14.7 Å². The molecule has 0 spiro atoms. The summed E-state index contributed by atoms with van der Waals surface area (Å²) >= 11 is 0. The molecular weight excluding hydrogens is 308 g/mol. The first-order valence-electron chi connectivity index (χ1n) is 8.22. The van der Waals surface area contributed by atoms with E-state index in [4.69, 9.17) is 4.74 Å². The molecule has 6 nitrogen and oxygen atoms in total. The first kappa shape index (κ1) is 19.8. The minimum atomic E-state index is -1.09. The minimum Gasteiger partial charge on any atom is -0.480 e. The molecule has 6 heteroatoms. The highest BCUT2D eigenvalue weighted by Crippen LogP contribution is 2.16. The van der Waals surface area contributed by atoms with Crippen LogP contribution in [0.15, 0.2) is 24.3 Å². The normalized spacial score (nSPS) is 12.4. The molecule has 1 rings (SSSR count). The third-order valence-corrected chi connectivity index (χ3v) is 3.49. The highest BCUT2D eigenvalue weighted by molar-refractivity contribution is 5.80. The topological polar surface area (TPSA) is 78.9 Å². The predicted molar refractivity (Wildman–Crippen MR) is 94.5 cm³/mol. The maximum Gasteiger partial charge on any atom is 0.408 e. The fraction of sp³-hybridized carbons (Fsp3) is 0.556. The zero-order valence-corrected chi connectivity index (χ0v) is 15.1. The molecule has 0 unspecified atom stereocenters. The van der Waals surface area contributed by atoms with Gasteiger partial charge in [0.1, 0.15) is 11.6 Å². The second kappa shape index (κ2) is 8.57. The zero-order valence-electron chi connectivity index (χ0n) is 15.1. The Kier molecular flexibility index (Phi) is 7.07. The van der Waals surface area contributed by atoms with E-state index in [2.05, 4.69) is 24.1 Å². The Morgan fingerprint density at radius 3 is 2.12 bits per heavy atom. The number of rotatable bonds is 7. The molecule has 0 bridgehead atoms. The van der Waals surface area contributed by atoms with Gasteiger partial charge in [0, 0.05) is 25.2 Å². The van der Waals surface area contributed by atoms with Gasteiger partial charge in [-0.05, 0) is 52.3 Å². The van der Waals surface area contributed by atoms with E-state index < -0.39 is 23.7 Å². The van der Waals surface area contributed by atoms with Crippen molar-refractivity contribution >= 4 is 17.7 Å². The number of ether oxygens (including phenoxy) is 1. The van der Waals surface area contributed by atoms with E-state index in [1.165, 1.54) is 0 Å². The second-order valence-corrected chi connectivity index (χ2v) is 6.58. The Morgan fingerprint density at radius 2 is 1.71 bits per heavy atom. The second-order valence-electron chi connectivity index (χ2n) is 6.58. The summed E-state index contributed by atoms with van der Waals surface area (Å²) in [6.45, 7) is 11.2. The lowest BCUT2D eigenvalue weighted by atomic mass is 10.1. The molecule has 1 atom stereocenters. The van der Waals surface area contributed by atoms with Crippen LogP contribution >= 0.6 is 0 Å². The Balaban J connectivity index is 2.75. The fourth-order valence-electron chi connectivity index (χ4n) is 2.32. The Morgan fingerprint density at radius 1 is 1.17 bits per heavy atom. The molecule has 1 aromatic carbocycles. The lowest BCUT2D eigenvalue weighted by molar-refractivity contribution is -0.139. The number of hydrogen-bond donors (Lipinski definition) is 2. The van der Waals surface area contributed by atoms with Crippen molar-refractivity contribution in [2.75, 3.05) is 18.0 Å². The number of benzene rings is 1. The van der Waals surface area contributed by atoms with Crippen LogP contribution in [0.1, 0.15) is 40.2 Å². The van der Waals surface area contributed by atoms with Crippen molar-refractivity contribution in [2.24, 2.45) is 0 Å². The first-order valence-corrected chi connectivity index (χ1v) is 8.22. The van der Waals surface area contributed by atoms with Gasteiger partial charge in [-0.25, -0.2) is 9.59 Å². The Labute approximate surface area is 143 Å². The SMILES string of the molecule is CCN(CC)c1ccc(C[C@H](NC(=O)OC(C)(C)C)C(=O)O)cc1. The number of nitrogens with zero attached hydrogens (tertiary/aromatic N) is 1. The number of anilines is 1. The van der Waals surface area contributed by atoms with E-state index in [-0.39, 0.29) is 6.42 Å². The number of aliphatic carboxylic acids is 1. The van der Waals surface area contributed by atoms with Crippen molar-refractivity contribution in [3.8, 4) is 0 Å². The van der Waals surface area contributed by atoms with Crippen molar-refractivity contribution in [3.63, 3.8) is 0 Å². The van der Waals surface area contributed by atoms with Gasteiger partial charge in [0.2, 0.25) is 0 Å². The standard InChI is InChI=1S/C18H28N2O4/c1-6-20(7-2)14-10-8-13(9-11-14)12-15(16(21)22)19-17(23)24-18(3,4)5/h8-11,15H,6-7,12H2,1-5H3,(H,19,23)(H,21,22)/t15-/m0/s1. The molecule has 1 amide bonds. The van der Waals surface area contributed by atoms with Gasteiger partial charge < -0.3 is 20.1 Å². The van der Waals surface area contributed by atoms with Crippen molar-refractivity contribution in [1.29, 1.82) is 0 Å². The molecule has 1 aromatic rings. The van der Waals surface area contributed by atoms with Crippen molar-refractivity contribution in [2.45, 2.75) is 52.7 Å². The molecule has 0 aliphatic rings. The molecule has 0 heterocycles. The van der Waals surface area contributed by atoms with Gasteiger partial charge in [-0.3, -0.25) is 0 Å². The monoisotopic (exact) mass is 336 g/mol. The number of amides is 1. The lowest BCUT2D eigenvalue weighted by Crippen LogP contribution is -2.44. The van der Waals surface area contributed by atoms with Crippen molar-refractivity contribution < 1.29 is 19.4 Å². The molecule has 0 saturated heterocycles. The molecule has 0 aliphatic heterocycles. The minimum absolute atomic E-state index is 0.201. The van der Waals surface area contributed by atoms with Crippen LogP contribution in [0.2, 0.25) is 0 Å². The van der Waals surface area contributed by atoms with Crippen LogP contribution in [0.5, 0.6) is 0 Å². The Hall–Kier alpha value is -2.24. The molecule has 2 N–H and O–H groups in total. The molecule has 0 radical (unpaired) electrons. The summed E-state index contributed by atoms with van der Waals surface area (Å²) in [7, 11) is 0. The summed E-state index contributed by atoms with van der Waals surface area (Å²) in [6, 6.07) is 6.68. The van der Waals surface area contributed by atoms with Crippen LogP contribution in [-0.2, 0) is 16.0 Å². The molecule has 134 valence electrons. The highest BCUT2D eigenvalue weighted by atomic mass is 16.6. The first-order chi connectivity index (χ1) is 11.2. The third-order valence-electron chi connectivity index (χ3n) is 3.49. The third kappa shape index (κ3) is 6.48. The smallest absolute Gasteiger partial charge is 0.408 e. The predicted octanol–water partition coefficient (Wildman–Crippen LogP) is 3.05. The number of nitrogens with one attached hydrogen (secondary N) is 1. The van der Waals surface area contributed by atoms with Gasteiger partial charge in [-0.15, -0.1) is 0 Å². The van der Waals surface area contributed by atoms with E-state index in [1.807, 2.05) is 24.3 Å². The molecule has 24 heavy (non-hydrogen) atoms. The number of alkyl carbamates (subject to hydrolysis) is 1. The van der Waals surface area contributed by atoms with Crippen LogP contribution < -0.4 is 10.2 Å². The van der Waals surface area contributed by atoms with Crippen LogP contribution in [0.4, 0.5) is 10.5 Å². The van der Waals surface area contributed by atoms with E-state index in [0.717, 1.165) is 24.3 Å². The van der Waals surface area contributed by atoms with E-state index >= 15 is 0 Å². The largest absolute Gasteiger partial charge is 0.480 e. The number of carboxylic acids is 1. The summed E-state index contributed by atoms with van der Waals surface area (Å²) < 4.78 is 5.12. The lowest BCUT2D eigenvalue weighted by Gasteiger charge is -2.23. The van der Waals surface area contributed by atoms with Crippen LogP contribution in [0, 0.1) is 0 Å². The van der Waals surface area contributed by atoms with Gasteiger partial charge >= 0.3 is 12.1 Å². The molecule has 0 aromatic heterocycles. The molecular formula is C18H28N2O4. The quantitative estimate of drug-likeness (QED) is 0.800. The summed E-state index contributed by atoms with van der Waals surface area (Å²) in [5.74, 6) is -1.09. The molecule has 0 fully saturated rings. The van der Waals surface area contributed by atoms with Gasteiger partial charge in [0.05, 0.1) is 0 Å². The molecule has 0 aliphatic carbocycles. The fourth-order valence-corrected chi connectivity index (χ4v) is 2.32. The maximum absolute atomic E-state index is 11.8. The van der Waals surface area contributed by atoms with Crippen LogP contribution in [-0.4, -0.2) is 41.9 Å². The maximum atomic E-state index is 11.8. The summed E-state index contributed by atoms with van der Waals surface area (Å²) in [5.41, 5.74) is 1.27. The number of carboxylic acid groups (broad SMARTS) is 1. The molecule has 0 saturated carbocycles. The average molecular weight is 336 g/mol. The summed E-state index contributed by atoms with van der Waals surface area (Å²) in [5, 5.41) is 11.7.